The number of hydrogen-bond donors (Lipinski definition) is 2. The molecule has 0 aliphatic carbocycles. The smallest absolute Gasteiger partial charge is 0.243 e. The lowest BCUT2D eigenvalue weighted by Crippen LogP contribution is -2.22. The van der Waals surface area contributed by atoms with Gasteiger partial charge in [0.2, 0.25) is 5.91 Å². The average molecular weight is 317 g/mol. The van der Waals surface area contributed by atoms with Gasteiger partial charge in [-0.05, 0) is 68.1 Å². The third kappa shape index (κ3) is 4.01. The van der Waals surface area contributed by atoms with Crippen molar-refractivity contribution >= 4 is 28.9 Å². The molecule has 0 fully saturated rings. The summed E-state index contributed by atoms with van der Waals surface area (Å²) < 4.78 is 0. The van der Waals surface area contributed by atoms with E-state index in [4.69, 9.17) is 11.6 Å². The lowest BCUT2D eigenvalue weighted by molar-refractivity contribution is -0.114. The summed E-state index contributed by atoms with van der Waals surface area (Å²) >= 11 is 6.20. The standard InChI is InChI=1S/C18H21ClN2O/c1-11-7-14(4)18(16(19)8-11)21-17(22)10-20-15-6-5-12(2)13(3)9-15/h5-9,20H,10H2,1-4H3,(H,21,22). The first-order chi connectivity index (χ1) is 10.4. The summed E-state index contributed by atoms with van der Waals surface area (Å²) in [5.41, 5.74) is 6.09. The van der Waals surface area contributed by atoms with E-state index in [2.05, 4.69) is 24.5 Å². The molecule has 116 valence electrons. The molecule has 2 aromatic carbocycles. The van der Waals surface area contributed by atoms with Crippen LogP contribution >= 0.6 is 11.6 Å². The predicted molar refractivity (Wildman–Crippen MR) is 94.0 cm³/mol. The zero-order chi connectivity index (χ0) is 16.3. The molecule has 2 N–H and O–H groups in total. The van der Waals surface area contributed by atoms with Crippen molar-refractivity contribution in [2.75, 3.05) is 17.2 Å². The molecule has 0 aliphatic heterocycles. The number of benzene rings is 2. The molecule has 0 radical (unpaired) electrons. The van der Waals surface area contributed by atoms with E-state index in [-0.39, 0.29) is 12.5 Å². The van der Waals surface area contributed by atoms with Gasteiger partial charge in [0.05, 0.1) is 17.3 Å². The molecule has 2 aromatic rings. The first kappa shape index (κ1) is 16.4. The second-order valence-corrected chi connectivity index (χ2v) is 6.05. The van der Waals surface area contributed by atoms with Crippen LogP contribution in [-0.4, -0.2) is 12.5 Å². The minimum atomic E-state index is -0.118. The van der Waals surface area contributed by atoms with Gasteiger partial charge in [-0.25, -0.2) is 0 Å². The first-order valence-electron chi connectivity index (χ1n) is 7.24. The number of anilines is 2. The summed E-state index contributed by atoms with van der Waals surface area (Å²) in [5.74, 6) is -0.118. The molecule has 1 amide bonds. The molecule has 4 heteroatoms. The van der Waals surface area contributed by atoms with Crippen LogP contribution in [0.25, 0.3) is 0 Å². The lowest BCUT2D eigenvalue weighted by atomic mass is 10.1. The van der Waals surface area contributed by atoms with Gasteiger partial charge >= 0.3 is 0 Å². The highest BCUT2D eigenvalue weighted by molar-refractivity contribution is 6.34. The SMILES string of the molecule is Cc1cc(C)c(NC(=O)CNc2ccc(C)c(C)c2)c(Cl)c1. The van der Waals surface area contributed by atoms with E-state index in [9.17, 15) is 4.79 Å². The van der Waals surface area contributed by atoms with E-state index >= 15 is 0 Å². The van der Waals surface area contributed by atoms with Crippen molar-refractivity contribution in [3.63, 3.8) is 0 Å². The van der Waals surface area contributed by atoms with Gasteiger partial charge in [-0.15, -0.1) is 0 Å². The van der Waals surface area contributed by atoms with Gasteiger partial charge in [0.15, 0.2) is 0 Å². The summed E-state index contributed by atoms with van der Waals surface area (Å²) in [5, 5.41) is 6.56. The molecule has 22 heavy (non-hydrogen) atoms. The first-order valence-corrected chi connectivity index (χ1v) is 7.62. The van der Waals surface area contributed by atoms with E-state index in [1.54, 1.807) is 0 Å². The minimum absolute atomic E-state index is 0.118. The third-order valence-electron chi connectivity index (χ3n) is 3.66. The number of carbonyl (C=O) groups excluding carboxylic acids is 1. The molecule has 0 atom stereocenters. The van der Waals surface area contributed by atoms with Gasteiger partial charge in [0.1, 0.15) is 0 Å². The van der Waals surface area contributed by atoms with Gasteiger partial charge in [-0.3, -0.25) is 4.79 Å². The monoisotopic (exact) mass is 316 g/mol. The highest BCUT2D eigenvalue weighted by Crippen LogP contribution is 2.27. The summed E-state index contributed by atoms with van der Waals surface area (Å²) in [6.07, 6.45) is 0. The number of halogens is 1. The van der Waals surface area contributed by atoms with Gasteiger partial charge < -0.3 is 10.6 Å². The van der Waals surface area contributed by atoms with Crippen LogP contribution in [0.15, 0.2) is 30.3 Å². The fraction of sp³-hybridized carbons (Fsp3) is 0.278. The van der Waals surface area contributed by atoms with Crippen LogP contribution in [0.4, 0.5) is 11.4 Å². The lowest BCUT2D eigenvalue weighted by Gasteiger charge is -2.13. The van der Waals surface area contributed by atoms with Crippen LogP contribution in [0.3, 0.4) is 0 Å². The summed E-state index contributed by atoms with van der Waals surface area (Å²) in [4.78, 5) is 12.1. The second-order valence-electron chi connectivity index (χ2n) is 5.64. The number of rotatable bonds is 4. The zero-order valence-corrected chi connectivity index (χ0v) is 14.1. The quantitative estimate of drug-likeness (QED) is 0.863. The molecule has 0 heterocycles. The molecule has 2 rings (SSSR count). The number of carbonyl (C=O) groups is 1. The van der Waals surface area contributed by atoms with Crippen LogP contribution in [0.5, 0.6) is 0 Å². The number of nitrogens with one attached hydrogen (secondary N) is 2. The Morgan fingerprint density at radius 1 is 1.00 bits per heavy atom. The van der Waals surface area contributed by atoms with Gasteiger partial charge in [-0.1, -0.05) is 23.7 Å². The number of hydrogen-bond acceptors (Lipinski definition) is 2. The Hall–Kier alpha value is -2.00. The molecule has 3 nitrogen and oxygen atoms in total. The largest absolute Gasteiger partial charge is 0.376 e. The molecular weight excluding hydrogens is 296 g/mol. The average Bonchev–Trinajstić information content (AvgIpc) is 2.44. The maximum absolute atomic E-state index is 12.1. The Morgan fingerprint density at radius 3 is 2.36 bits per heavy atom. The minimum Gasteiger partial charge on any atom is -0.376 e. The van der Waals surface area contributed by atoms with E-state index in [0.29, 0.717) is 10.7 Å². The van der Waals surface area contributed by atoms with E-state index in [1.165, 1.54) is 11.1 Å². The fourth-order valence-electron chi connectivity index (χ4n) is 2.29. The number of aryl methyl sites for hydroxylation is 4. The normalized spacial score (nSPS) is 10.4. The third-order valence-corrected chi connectivity index (χ3v) is 3.95. The highest BCUT2D eigenvalue weighted by Gasteiger charge is 2.09. The number of amides is 1. The van der Waals surface area contributed by atoms with E-state index in [0.717, 1.165) is 16.8 Å². The Bertz CT molecular complexity index is 687. The van der Waals surface area contributed by atoms with E-state index in [1.807, 2.05) is 44.2 Å². The molecule has 0 saturated heterocycles. The van der Waals surface area contributed by atoms with Crippen molar-refractivity contribution in [2.45, 2.75) is 27.7 Å². The Balaban J connectivity index is 2.00. The molecule has 0 saturated carbocycles. The molecule has 0 spiro atoms. The van der Waals surface area contributed by atoms with Crippen molar-refractivity contribution in [2.24, 2.45) is 0 Å². The molecule has 0 aliphatic rings. The van der Waals surface area contributed by atoms with Crippen LogP contribution < -0.4 is 10.6 Å². The van der Waals surface area contributed by atoms with Crippen LogP contribution in [-0.2, 0) is 4.79 Å². The molecular formula is C18H21ClN2O. The highest BCUT2D eigenvalue weighted by atomic mass is 35.5. The summed E-state index contributed by atoms with van der Waals surface area (Å²) in [7, 11) is 0. The van der Waals surface area contributed by atoms with Crippen molar-refractivity contribution in [3.05, 3.63) is 57.6 Å². The van der Waals surface area contributed by atoms with Crippen LogP contribution in [0, 0.1) is 27.7 Å². The Labute approximate surface area is 136 Å². The Morgan fingerprint density at radius 2 is 1.73 bits per heavy atom. The topological polar surface area (TPSA) is 41.1 Å². The zero-order valence-electron chi connectivity index (χ0n) is 13.4. The molecule has 0 aromatic heterocycles. The van der Waals surface area contributed by atoms with E-state index < -0.39 is 0 Å². The van der Waals surface area contributed by atoms with Crippen LogP contribution in [0.2, 0.25) is 5.02 Å². The van der Waals surface area contributed by atoms with Gasteiger partial charge in [0.25, 0.3) is 0 Å². The maximum Gasteiger partial charge on any atom is 0.243 e. The fourth-order valence-corrected chi connectivity index (χ4v) is 2.66. The van der Waals surface area contributed by atoms with Crippen molar-refractivity contribution in [3.8, 4) is 0 Å². The van der Waals surface area contributed by atoms with Crippen molar-refractivity contribution < 1.29 is 4.79 Å². The Kier molecular flexibility index (Phi) is 5.09. The predicted octanol–water partition coefficient (Wildman–Crippen LogP) is 4.62. The van der Waals surface area contributed by atoms with Crippen LogP contribution in [0.1, 0.15) is 22.3 Å². The van der Waals surface area contributed by atoms with Crippen molar-refractivity contribution in [1.82, 2.24) is 0 Å². The summed E-state index contributed by atoms with van der Waals surface area (Å²) in [6.45, 7) is 8.23. The summed E-state index contributed by atoms with van der Waals surface area (Å²) in [6, 6.07) is 9.89. The second kappa shape index (κ2) is 6.84. The van der Waals surface area contributed by atoms with Crippen molar-refractivity contribution in [1.29, 1.82) is 0 Å². The molecule has 0 bridgehead atoms. The van der Waals surface area contributed by atoms with Gasteiger partial charge in [-0.2, -0.15) is 0 Å². The van der Waals surface area contributed by atoms with Gasteiger partial charge in [0, 0.05) is 5.69 Å². The maximum atomic E-state index is 12.1. The molecule has 0 unspecified atom stereocenters.